The minimum atomic E-state index is -3.77. The van der Waals surface area contributed by atoms with Crippen LogP contribution in [0.3, 0.4) is 0 Å². The van der Waals surface area contributed by atoms with Gasteiger partial charge in [0.25, 0.3) is 10.0 Å². The molecule has 0 bridgehead atoms. The number of sulfonamides is 1. The molecule has 8 heteroatoms. The highest BCUT2D eigenvalue weighted by molar-refractivity contribution is 7.92. The van der Waals surface area contributed by atoms with Crippen molar-refractivity contribution in [3.8, 4) is 0 Å². The van der Waals surface area contributed by atoms with Gasteiger partial charge in [0.1, 0.15) is 0 Å². The zero-order valence-electron chi connectivity index (χ0n) is 17.6. The number of nitrogens with zero attached hydrogens (tertiary/aromatic N) is 3. The minimum Gasteiger partial charge on any atom is -0.368 e. The first-order valence-electron chi connectivity index (χ1n) is 10.4. The molecule has 4 aromatic rings. The van der Waals surface area contributed by atoms with Gasteiger partial charge in [0.15, 0.2) is 0 Å². The number of hydrogen-bond donors (Lipinski definition) is 1. The maximum absolute atomic E-state index is 13.1. The van der Waals surface area contributed by atoms with Gasteiger partial charge in [-0.1, -0.05) is 29.8 Å². The molecule has 32 heavy (non-hydrogen) atoms. The summed E-state index contributed by atoms with van der Waals surface area (Å²) >= 11 is 6.22. The molecular formula is C24H23ClN4O2S. The molecule has 164 valence electrons. The van der Waals surface area contributed by atoms with E-state index in [4.69, 9.17) is 11.6 Å². The Bertz CT molecular complexity index is 1420. The summed E-state index contributed by atoms with van der Waals surface area (Å²) < 4.78 is 29.0. The third kappa shape index (κ3) is 3.99. The highest BCUT2D eigenvalue weighted by Gasteiger charge is 2.19. The quantitative estimate of drug-likeness (QED) is 0.476. The summed E-state index contributed by atoms with van der Waals surface area (Å²) in [5.41, 5.74) is 2.42. The molecule has 2 heterocycles. The molecule has 0 amide bonds. The summed E-state index contributed by atoms with van der Waals surface area (Å²) in [5, 5.41) is 3.13. The number of fused-ring (bicyclic) bond motifs is 2. The number of anilines is 2. The van der Waals surface area contributed by atoms with Gasteiger partial charge in [0, 0.05) is 59.5 Å². The fraction of sp³-hybridized carbons (Fsp3) is 0.208. The highest BCUT2D eigenvalue weighted by atomic mass is 35.5. The molecule has 1 aliphatic heterocycles. The van der Waals surface area contributed by atoms with Crippen LogP contribution < -0.4 is 9.62 Å². The summed E-state index contributed by atoms with van der Waals surface area (Å²) in [4.78, 5) is 9.29. The largest absolute Gasteiger partial charge is 0.368 e. The summed E-state index contributed by atoms with van der Waals surface area (Å²) in [6.45, 7) is 3.82. The number of aromatic nitrogens is 1. The van der Waals surface area contributed by atoms with Gasteiger partial charge in [-0.3, -0.25) is 9.71 Å². The van der Waals surface area contributed by atoms with Gasteiger partial charge in [-0.05, 0) is 54.9 Å². The topological polar surface area (TPSA) is 65.5 Å². The molecule has 0 radical (unpaired) electrons. The first kappa shape index (κ1) is 21.0. The van der Waals surface area contributed by atoms with Gasteiger partial charge in [0.2, 0.25) is 0 Å². The standard InChI is InChI=1S/C24H23ClN4O2S/c1-28-11-13-29(14-12-28)24-9-10-26-23-8-5-18(16-21(23)24)27-32(30,31)19-6-7-20-17(15-19)3-2-4-22(20)25/h2-10,15-16,27H,11-14H2,1H3. The van der Waals surface area contributed by atoms with Crippen LogP contribution in [0.15, 0.2) is 71.8 Å². The van der Waals surface area contributed by atoms with Crippen LogP contribution in [0.2, 0.25) is 5.02 Å². The van der Waals surface area contributed by atoms with Gasteiger partial charge in [-0.15, -0.1) is 0 Å². The van der Waals surface area contributed by atoms with E-state index in [-0.39, 0.29) is 4.90 Å². The van der Waals surface area contributed by atoms with Crippen molar-refractivity contribution in [2.24, 2.45) is 0 Å². The molecule has 1 aromatic heterocycles. The van der Waals surface area contributed by atoms with Crippen molar-refractivity contribution in [3.63, 3.8) is 0 Å². The molecule has 3 aromatic carbocycles. The maximum atomic E-state index is 13.1. The van der Waals surface area contributed by atoms with Crippen LogP contribution in [0.25, 0.3) is 21.7 Å². The van der Waals surface area contributed by atoms with Gasteiger partial charge in [0.05, 0.1) is 10.4 Å². The van der Waals surface area contributed by atoms with E-state index in [0.717, 1.165) is 53.5 Å². The number of nitrogens with one attached hydrogen (secondary N) is 1. The van der Waals surface area contributed by atoms with Gasteiger partial charge >= 0.3 is 0 Å². The number of likely N-dealkylation sites (N-methyl/N-ethyl adjacent to an activating group) is 1. The van der Waals surface area contributed by atoms with Crippen molar-refractivity contribution in [1.29, 1.82) is 0 Å². The van der Waals surface area contributed by atoms with Crippen LogP contribution >= 0.6 is 11.6 Å². The second-order valence-electron chi connectivity index (χ2n) is 8.08. The Morgan fingerprint density at radius 1 is 0.938 bits per heavy atom. The number of halogens is 1. The fourth-order valence-corrected chi connectivity index (χ4v) is 5.45. The second kappa shape index (κ2) is 8.24. The zero-order valence-corrected chi connectivity index (χ0v) is 19.2. The van der Waals surface area contributed by atoms with Crippen molar-refractivity contribution in [1.82, 2.24) is 9.88 Å². The number of piperazine rings is 1. The lowest BCUT2D eigenvalue weighted by atomic mass is 10.1. The van der Waals surface area contributed by atoms with Crippen molar-refractivity contribution in [3.05, 3.63) is 71.9 Å². The molecule has 0 unspecified atom stereocenters. The van der Waals surface area contributed by atoms with Crippen LogP contribution in [-0.2, 0) is 10.0 Å². The zero-order chi connectivity index (χ0) is 22.3. The van der Waals surface area contributed by atoms with Crippen molar-refractivity contribution >= 4 is 54.7 Å². The number of hydrogen-bond acceptors (Lipinski definition) is 5. The van der Waals surface area contributed by atoms with E-state index in [1.165, 1.54) is 0 Å². The fourth-order valence-electron chi connectivity index (χ4n) is 4.12. The van der Waals surface area contributed by atoms with Crippen LogP contribution in [-0.4, -0.2) is 51.5 Å². The van der Waals surface area contributed by atoms with Crippen molar-refractivity contribution in [2.45, 2.75) is 4.90 Å². The Hall–Kier alpha value is -2.87. The van der Waals surface area contributed by atoms with Gasteiger partial charge in [-0.2, -0.15) is 0 Å². The molecule has 0 spiro atoms. The smallest absolute Gasteiger partial charge is 0.261 e. The van der Waals surface area contributed by atoms with Gasteiger partial charge < -0.3 is 9.80 Å². The Morgan fingerprint density at radius 2 is 1.75 bits per heavy atom. The third-order valence-electron chi connectivity index (χ3n) is 5.92. The molecule has 1 N–H and O–H groups in total. The van der Waals surface area contributed by atoms with E-state index >= 15 is 0 Å². The monoisotopic (exact) mass is 466 g/mol. The summed E-state index contributed by atoms with van der Waals surface area (Å²) in [6.07, 6.45) is 1.81. The summed E-state index contributed by atoms with van der Waals surface area (Å²) in [5.74, 6) is 0. The van der Waals surface area contributed by atoms with Crippen LogP contribution in [0.4, 0.5) is 11.4 Å². The Kier molecular flexibility index (Phi) is 5.41. The Morgan fingerprint density at radius 3 is 2.56 bits per heavy atom. The lowest BCUT2D eigenvalue weighted by Gasteiger charge is -2.34. The van der Waals surface area contributed by atoms with Crippen molar-refractivity contribution in [2.75, 3.05) is 42.8 Å². The molecule has 0 saturated carbocycles. The third-order valence-corrected chi connectivity index (χ3v) is 7.63. The highest BCUT2D eigenvalue weighted by Crippen LogP contribution is 2.30. The normalized spacial score (nSPS) is 15.4. The number of benzene rings is 3. The number of pyridine rings is 1. The summed E-state index contributed by atoms with van der Waals surface area (Å²) in [6, 6.07) is 17.9. The predicted molar refractivity (Wildman–Crippen MR) is 131 cm³/mol. The van der Waals surface area contributed by atoms with Crippen LogP contribution in [0, 0.1) is 0 Å². The molecule has 5 rings (SSSR count). The van der Waals surface area contributed by atoms with E-state index in [2.05, 4.69) is 26.6 Å². The molecule has 0 aliphatic carbocycles. The van der Waals surface area contributed by atoms with E-state index in [0.29, 0.717) is 10.7 Å². The predicted octanol–water partition coefficient (Wildman–Crippen LogP) is 4.59. The van der Waals surface area contributed by atoms with Crippen LogP contribution in [0.1, 0.15) is 0 Å². The molecule has 6 nitrogen and oxygen atoms in total. The first-order chi connectivity index (χ1) is 15.4. The average molecular weight is 467 g/mol. The van der Waals surface area contributed by atoms with E-state index < -0.39 is 10.0 Å². The SMILES string of the molecule is CN1CCN(c2ccnc3ccc(NS(=O)(=O)c4ccc5c(Cl)cccc5c4)cc23)CC1. The Labute approximate surface area is 192 Å². The van der Waals surface area contributed by atoms with E-state index in [1.807, 2.05) is 30.3 Å². The number of rotatable bonds is 4. The van der Waals surface area contributed by atoms with Gasteiger partial charge in [-0.25, -0.2) is 8.42 Å². The molecular weight excluding hydrogens is 444 g/mol. The van der Waals surface area contributed by atoms with E-state index in [9.17, 15) is 8.42 Å². The second-order valence-corrected chi connectivity index (χ2v) is 10.2. The van der Waals surface area contributed by atoms with Crippen molar-refractivity contribution < 1.29 is 8.42 Å². The first-order valence-corrected chi connectivity index (χ1v) is 12.3. The molecule has 1 saturated heterocycles. The molecule has 0 atom stereocenters. The lowest BCUT2D eigenvalue weighted by molar-refractivity contribution is 0.313. The maximum Gasteiger partial charge on any atom is 0.261 e. The lowest BCUT2D eigenvalue weighted by Crippen LogP contribution is -2.44. The van der Waals surface area contributed by atoms with Crippen LogP contribution in [0.5, 0.6) is 0 Å². The molecule has 1 fully saturated rings. The minimum absolute atomic E-state index is 0.192. The molecule has 1 aliphatic rings. The average Bonchev–Trinajstić information content (AvgIpc) is 2.79. The van der Waals surface area contributed by atoms with E-state index in [1.54, 1.807) is 36.5 Å². The Balaban J connectivity index is 1.49. The summed E-state index contributed by atoms with van der Waals surface area (Å²) in [7, 11) is -1.64.